The van der Waals surface area contributed by atoms with Crippen LogP contribution in [0.1, 0.15) is 95.1 Å². The third kappa shape index (κ3) is 10.00. The average Bonchev–Trinajstić information content (AvgIpc) is 2.56. The normalized spacial score (nSPS) is 11.0. The number of unbranched alkanes of at least 4 members (excludes halogenated alkanes) is 11. The molecule has 0 atom stereocenters. The molecule has 1 heteroatoms. The largest absolute Gasteiger partial charge is 0.392 e. The van der Waals surface area contributed by atoms with E-state index in [2.05, 4.69) is 19.1 Å². The molecule has 0 radical (unpaired) electrons. The van der Waals surface area contributed by atoms with Crippen LogP contribution in [0.25, 0.3) is 0 Å². The Labute approximate surface area is 138 Å². The van der Waals surface area contributed by atoms with Crippen LogP contribution in [0.2, 0.25) is 0 Å². The van der Waals surface area contributed by atoms with Gasteiger partial charge < -0.3 is 5.11 Å². The predicted octanol–water partition coefficient (Wildman–Crippen LogP) is 6.42. The fourth-order valence-corrected chi connectivity index (χ4v) is 2.98. The minimum atomic E-state index is 0.152. The zero-order valence-corrected chi connectivity index (χ0v) is 14.7. The number of rotatable bonds is 14. The lowest BCUT2D eigenvalue weighted by atomic mass is 10.0. The molecule has 0 heterocycles. The zero-order valence-electron chi connectivity index (χ0n) is 14.7. The third-order valence-electron chi connectivity index (χ3n) is 4.52. The number of aryl methyl sites for hydroxylation is 1. The molecular formula is C21H36O. The standard InChI is InChI=1S/C21H36O/c1-2-3-4-5-6-7-8-9-10-11-12-13-14-20-15-17-21(19-22)18-16-20/h15-18,22H,2-14,19H2,1H3. The van der Waals surface area contributed by atoms with Gasteiger partial charge in [0.2, 0.25) is 0 Å². The molecule has 22 heavy (non-hydrogen) atoms. The molecule has 0 aliphatic heterocycles. The molecule has 0 unspecified atom stereocenters. The van der Waals surface area contributed by atoms with E-state index in [1.165, 1.54) is 89.0 Å². The fraction of sp³-hybridized carbons (Fsp3) is 0.714. The quantitative estimate of drug-likeness (QED) is 0.393. The minimum absolute atomic E-state index is 0.152. The molecule has 0 aliphatic carbocycles. The first-order chi connectivity index (χ1) is 10.9. The van der Waals surface area contributed by atoms with Gasteiger partial charge in [0.25, 0.3) is 0 Å². The molecule has 0 aliphatic rings. The molecule has 1 N–H and O–H groups in total. The van der Waals surface area contributed by atoms with Crippen LogP contribution >= 0.6 is 0 Å². The van der Waals surface area contributed by atoms with Gasteiger partial charge in [-0.15, -0.1) is 0 Å². The van der Waals surface area contributed by atoms with Crippen molar-refractivity contribution in [3.8, 4) is 0 Å². The second kappa shape index (κ2) is 13.8. The summed E-state index contributed by atoms with van der Waals surface area (Å²) in [5.74, 6) is 0. The van der Waals surface area contributed by atoms with Crippen molar-refractivity contribution in [2.24, 2.45) is 0 Å². The minimum Gasteiger partial charge on any atom is -0.392 e. The molecule has 0 saturated heterocycles. The predicted molar refractivity (Wildman–Crippen MR) is 97.1 cm³/mol. The molecular weight excluding hydrogens is 268 g/mol. The van der Waals surface area contributed by atoms with E-state index in [1.54, 1.807) is 0 Å². The molecule has 0 spiro atoms. The summed E-state index contributed by atoms with van der Waals surface area (Å²) in [4.78, 5) is 0. The van der Waals surface area contributed by atoms with Gasteiger partial charge in [-0.1, -0.05) is 102 Å². The first-order valence-corrected chi connectivity index (χ1v) is 9.55. The molecule has 0 bridgehead atoms. The van der Waals surface area contributed by atoms with Gasteiger partial charge >= 0.3 is 0 Å². The monoisotopic (exact) mass is 304 g/mol. The number of hydrogen-bond acceptors (Lipinski definition) is 1. The Balaban J connectivity index is 1.85. The number of hydrogen-bond donors (Lipinski definition) is 1. The van der Waals surface area contributed by atoms with Gasteiger partial charge in [-0.05, 0) is 24.0 Å². The summed E-state index contributed by atoms with van der Waals surface area (Å²) in [5, 5.41) is 9.02. The Kier molecular flexibility index (Phi) is 12.1. The van der Waals surface area contributed by atoms with E-state index >= 15 is 0 Å². The van der Waals surface area contributed by atoms with Crippen molar-refractivity contribution in [2.45, 2.75) is 97.0 Å². The molecule has 1 aromatic rings. The van der Waals surface area contributed by atoms with Gasteiger partial charge in [-0.2, -0.15) is 0 Å². The van der Waals surface area contributed by atoms with Crippen LogP contribution in [0.5, 0.6) is 0 Å². The first kappa shape index (κ1) is 19.2. The molecule has 0 fully saturated rings. The Morgan fingerprint density at radius 2 is 1.00 bits per heavy atom. The zero-order chi connectivity index (χ0) is 15.9. The van der Waals surface area contributed by atoms with Gasteiger partial charge in [0.05, 0.1) is 6.61 Å². The second-order valence-electron chi connectivity index (χ2n) is 6.61. The van der Waals surface area contributed by atoms with Gasteiger partial charge in [0.15, 0.2) is 0 Å². The maximum Gasteiger partial charge on any atom is 0.0681 e. The average molecular weight is 305 g/mol. The highest BCUT2D eigenvalue weighted by atomic mass is 16.3. The van der Waals surface area contributed by atoms with Crippen LogP contribution in [0, 0.1) is 0 Å². The summed E-state index contributed by atoms with van der Waals surface area (Å²) < 4.78 is 0. The maximum absolute atomic E-state index is 9.02. The van der Waals surface area contributed by atoms with Crippen LogP contribution in [0.4, 0.5) is 0 Å². The fourth-order valence-electron chi connectivity index (χ4n) is 2.98. The van der Waals surface area contributed by atoms with Gasteiger partial charge in [-0.3, -0.25) is 0 Å². The van der Waals surface area contributed by atoms with Crippen molar-refractivity contribution < 1.29 is 5.11 Å². The number of aliphatic hydroxyl groups is 1. The SMILES string of the molecule is CCCCCCCCCCCCCCc1ccc(CO)cc1. The lowest BCUT2D eigenvalue weighted by Crippen LogP contribution is -1.88. The summed E-state index contributed by atoms with van der Waals surface area (Å²) in [5.41, 5.74) is 2.42. The molecule has 0 amide bonds. The van der Waals surface area contributed by atoms with Gasteiger partial charge in [-0.25, -0.2) is 0 Å². The van der Waals surface area contributed by atoms with Crippen molar-refractivity contribution in [2.75, 3.05) is 0 Å². The van der Waals surface area contributed by atoms with Crippen molar-refractivity contribution in [3.05, 3.63) is 35.4 Å². The van der Waals surface area contributed by atoms with Crippen LogP contribution in [-0.4, -0.2) is 5.11 Å². The molecule has 0 aromatic heterocycles. The second-order valence-corrected chi connectivity index (χ2v) is 6.61. The molecule has 1 aromatic carbocycles. The Morgan fingerprint density at radius 1 is 0.591 bits per heavy atom. The maximum atomic E-state index is 9.02. The van der Waals surface area contributed by atoms with Gasteiger partial charge in [0, 0.05) is 0 Å². The van der Waals surface area contributed by atoms with Crippen LogP contribution in [0.15, 0.2) is 24.3 Å². The highest BCUT2D eigenvalue weighted by molar-refractivity contribution is 5.21. The molecule has 0 saturated carbocycles. The number of aliphatic hydroxyl groups excluding tert-OH is 1. The van der Waals surface area contributed by atoms with E-state index in [4.69, 9.17) is 5.11 Å². The third-order valence-corrected chi connectivity index (χ3v) is 4.52. The summed E-state index contributed by atoms with van der Waals surface area (Å²) in [7, 11) is 0. The lowest BCUT2D eigenvalue weighted by Gasteiger charge is -2.04. The van der Waals surface area contributed by atoms with E-state index in [0.717, 1.165) is 5.56 Å². The van der Waals surface area contributed by atoms with Crippen molar-refractivity contribution in [1.29, 1.82) is 0 Å². The van der Waals surface area contributed by atoms with E-state index in [9.17, 15) is 0 Å². The topological polar surface area (TPSA) is 20.2 Å². The summed E-state index contributed by atoms with van der Waals surface area (Å²) in [6.45, 7) is 2.43. The highest BCUT2D eigenvalue weighted by Gasteiger charge is 1.96. The Morgan fingerprint density at radius 3 is 1.45 bits per heavy atom. The molecule has 126 valence electrons. The van der Waals surface area contributed by atoms with E-state index in [1.807, 2.05) is 12.1 Å². The van der Waals surface area contributed by atoms with Crippen molar-refractivity contribution >= 4 is 0 Å². The Bertz CT molecular complexity index is 341. The van der Waals surface area contributed by atoms with Gasteiger partial charge in [0.1, 0.15) is 0 Å². The highest BCUT2D eigenvalue weighted by Crippen LogP contribution is 2.13. The first-order valence-electron chi connectivity index (χ1n) is 9.55. The van der Waals surface area contributed by atoms with Crippen LogP contribution < -0.4 is 0 Å². The Hall–Kier alpha value is -0.820. The van der Waals surface area contributed by atoms with Crippen LogP contribution in [0.3, 0.4) is 0 Å². The van der Waals surface area contributed by atoms with E-state index in [-0.39, 0.29) is 6.61 Å². The summed E-state index contributed by atoms with van der Waals surface area (Å²) in [6, 6.07) is 8.39. The summed E-state index contributed by atoms with van der Waals surface area (Å²) in [6.07, 6.45) is 18.1. The summed E-state index contributed by atoms with van der Waals surface area (Å²) >= 11 is 0. The molecule has 1 rings (SSSR count). The lowest BCUT2D eigenvalue weighted by molar-refractivity contribution is 0.282. The van der Waals surface area contributed by atoms with Crippen molar-refractivity contribution in [3.63, 3.8) is 0 Å². The van der Waals surface area contributed by atoms with Crippen molar-refractivity contribution in [1.82, 2.24) is 0 Å². The molecule has 1 nitrogen and oxygen atoms in total. The number of benzene rings is 1. The van der Waals surface area contributed by atoms with E-state index < -0.39 is 0 Å². The van der Waals surface area contributed by atoms with Crippen LogP contribution in [-0.2, 0) is 13.0 Å². The van der Waals surface area contributed by atoms with E-state index in [0.29, 0.717) is 0 Å². The smallest absolute Gasteiger partial charge is 0.0681 e.